The highest BCUT2D eigenvalue weighted by Crippen LogP contribution is 2.29. The van der Waals surface area contributed by atoms with Crippen molar-refractivity contribution in [3.8, 4) is 5.75 Å². The number of hydrogen-bond donors (Lipinski definition) is 1. The van der Waals surface area contributed by atoms with Gasteiger partial charge in [0.1, 0.15) is 12.1 Å². The van der Waals surface area contributed by atoms with Crippen LogP contribution in [0.5, 0.6) is 5.75 Å². The maximum atomic E-state index is 13.1. The second-order valence-corrected chi connectivity index (χ2v) is 4.35. The van der Waals surface area contributed by atoms with Crippen LogP contribution in [-0.4, -0.2) is 12.1 Å². The predicted octanol–water partition coefficient (Wildman–Crippen LogP) is 1.78. The second-order valence-electron chi connectivity index (χ2n) is 4.35. The Kier molecular flexibility index (Phi) is 3.61. The molecule has 0 amide bonds. The molecule has 0 spiro atoms. The summed E-state index contributed by atoms with van der Waals surface area (Å²) < 4.78 is 69.0. The van der Waals surface area contributed by atoms with E-state index in [1.807, 2.05) is 0 Å². The Hall–Kier alpha value is -1.37. The Morgan fingerprint density at radius 3 is 1.59 bits per heavy atom. The minimum Gasteiger partial charge on any atom is -0.481 e. The van der Waals surface area contributed by atoms with Gasteiger partial charge in [-0.15, -0.1) is 0 Å². The fraction of sp³-hybridized carbons (Fsp3) is 0.400. The van der Waals surface area contributed by atoms with Gasteiger partial charge in [-0.3, -0.25) is 0 Å². The van der Waals surface area contributed by atoms with Crippen molar-refractivity contribution >= 4 is 0 Å². The smallest absolute Gasteiger partial charge is 0.206 e. The Bertz CT molecular complexity index is 412. The van der Waals surface area contributed by atoms with E-state index in [0.717, 1.165) is 0 Å². The lowest BCUT2D eigenvalue weighted by Gasteiger charge is -2.16. The molecule has 0 radical (unpaired) electrons. The molecule has 3 N–H and O–H groups in total. The van der Waals surface area contributed by atoms with E-state index in [4.69, 9.17) is 0 Å². The molecule has 0 heterocycles. The van der Waals surface area contributed by atoms with Gasteiger partial charge in [0.15, 0.2) is 5.75 Å². The summed E-state index contributed by atoms with van der Waals surface area (Å²) in [4.78, 5) is 0. The first-order valence-corrected chi connectivity index (χ1v) is 4.64. The molecule has 0 aliphatic carbocycles. The first kappa shape index (κ1) is 13.7. The summed E-state index contributed by atoms with van der Waals surface area (Å²) in [6.45, 7) is 2.88. The quantitative estimate of drug-likeness (QED) is 0.499. The Labute approximate surface area is 94.2 Å². The Morgan fingerprint density at radius 2 is 1.24 bits per heavy atom. The molecule has 0 aromatic heterocycles. The molecule has 0 unspecified atom stereocenters. The van der Waals surface area contributed by atoms with Crippen LogP contribution in [0.3, 0.4) is 0 Å². The SMILES string of the molecule is CC(C)([NH3+])COc1c(F)c(F)c(F)c(F)c1F. The van der Waals surface area contributed by atoms with Gasteiger partial charge in [-0.05, 0) is 13.8 Å². The Morgan fingerprint density at radius 1 is 0.882 bits per heavy atom. The first-order chi connectivity index (χ1) is 7.65. The lowest BCUT2D eigenvalue weighted by atomic mass is 10.1. The van der Waals surface area contributed by atoms with Gasteiger partial charge in [-0.25, -0.2) is 13.2 Å². The first-order valence-electron chi connectivity index (χ1n) is 4.64. The average Bonchev–Trinajstić information content (AvgIpc) is 2.22. The predicted molar refractivity (Wildman–Crippen MR) is 48.7 cm³/mol. The van der Waals surface area contributed by atoms with E-state index in [1.165, 1.54) is 0 Å². The van der Waals surface area contributed by atoms with Crippen molar-refractivity contribution in [1.29, 1.82) is 0 Å². The molecule has 0 bridgehead atoms. The van der Waals surface area contributed by atoms with Gasteiger partial charge in [0.05, 0.1) is 0 Å². The van der Waals surface area contributed by atoms with Gasteiger partial charge in [-0.1, -0.05) is 0 Å². The van der Waals surface area contributed by atoms with Crippen molar-refractivity contribution < 1.29 is 32.4 Å². The lowest BCUT2D eigenvalue weighted by molar-refractivity contribution is -0.469. The fourth-order valence-electron chi connectivity index (χ4n) is 0.979. The van der Waals surface area contributed by atoms with Crippen molar-refractivity contribution in [3.63, 3.8) is 0 Å². The molecule has 0 aliphatic heterocycles. The monoisotopic (exact) mass is 256 g/mol. The van der Waals surface area contributed by atoms with Crippen LogP contribution in [0, 0.1) is 29.1 Å². The summed E-state index contributed by atoms with van der Waals surface area (Å²) in [6, 6.07) is 0. The highest BCUT2D eigenvalue weighted by molar-refractivity contribution is 5.29. The normalized spacial score (nSPS) is 11.8. The van der Waals surface area contributed by atoms with Crippen LogP contribution in [0.25, 0.3) is 0 Å². The summed E-state index contributed by atoms with van der Waals surface area (Å²) in [6.07, 6.45) is 0. The number of halogens is 5. The fourth-order valence-corrected chi connectivity index (χ4v) is 0.979. The van der Waals surface area contributed by atoms with Crippen LogP contribution < -0.4 is 10.5 Å². The van der Waals surface area contributed by atoms with Crippen molar-refractivity contribution in [3.05, 3.63) is 29.1 Å². The molecule has 0 aliphatic rings. The highest BCUT2D eigenvalue weighted by atomic mass is 19.2. The van der Waals surface area contributed by atoms with Crippen molar-refractivity contribution in [2.45, 2.75) is 19.4 Å². The Balaban J connectivity index is 3.16. The third kappa shape index (κ3) is 2.85. The molecule has 1 aromatic rings. The molecule has 1 aromatic carbocycles. The van der Waals surface area contributed by atoms with Gasteiger partial charge in [0, 0.05) is 0 Å². The molecular formula is C10H11F5NO+. The molecule has 17 heavy (non-hydrogen) atoms. The summed E-state index contributed by atoms with van der Waals surface area (Å²) >= 11 is 0. The van der Waals surface area contributed by atoms with E-state index in [9.17, 15) is 22.0 Å². The van der Waals surface area contributed by atoms with Crippen molar-refractivity contribution in [2.24, 2.45) is 0 Å². The molecule has 0 saturated heterocycles. The van der Waals surface area contributed by atoms with Gasteiger partial charge < -0.3 is 10.5 Å². The second kappa shape index (κ2) is 4.48. The van der Waals surface area contributed by atoms with Crippen LogP contribution in [0.1, 0.15) is 13.8 Å². The maximum absolute atomic E-state index is 13.1. The molecule has 0 fully saturated rings. The standard InChI is InChI=1S/C10H10F5NO/c1-10(2,16)3-17-9-7(14)5(12)4(11)6(13)8(9)15/h3,16H2,1-2H3/p+1. The topological polar surface area (TPSA) is 36.9 Å². The van der Waals surface area contributed by atoms with Crippen molar-refractivity contribution in [2.75, 3.05) is 6.61 Å². The maximum Gasteiger partial charge on any atom is 0.206 e. The average molecular weight is 256 g/mol. The van der Waals surface area contributed by atoms with Crippen LogP contribution in [0.15, 0.2) is 0 Å². The number of ether oxygens (including phenoxy) is 1. The molecule has 2 nitrogen and oxygen atoms in total. The summed E-state index contributed by atoms with van der Waals surface area (Å²) in [5.74, 6) is -11.5. The van der Waals surface area contributed by atoms with E-state index in [2.05, 4.69) is 10.5 Å². The number of benzene rings is 1. The minimum absolute atomic E-state index is 0.286. The van der Waals surface area contributed by atoms with E-state index >= 15 is 0 Å². The van der Waals surface area contributed by atoms with Crippen LogP contribution in [-0.2, 0) is 0 Å². The van der Waals surface area contributed by atoms with Crippen LogP contribution in [0.4, 0.5) is 22.0 Å². The van der Waals surface area contributed by atoms with E-state index < -0.39 is 40.4 Å². The van der Waals surface area contributed by atoms with E-state index in [1.54, 1.807) is 13.8 Å². The van der Waals surface area contributed by atoms with Crippen molar-refractivity contribution in [1.82, 2.24) is 0 Å². The summed E-state index contributed by atoms with van der Waals surface area (Å²) in [7, 11) is 0. The molecule has 0 atom stereocenters. The van der Waals surface area contributed by atoms with Gasteiger partial charge in [0.25, 0.3) is 0 Å². The third-order valence-electron chi connectivity index (χ3n) is 1.78. The zero-order chi connectivity index (χ0) is 13.4. The number of rotatable bonds is 3. The minimum atomic E-state index is -2.21. The van der Waals surface area contributed by atoms with Gasteiger partial charge in [-0.2, -0.15) is 8.78 Å². The zero-order valence-corrected chi connectivity index (χ0v) is 9.21. The molecule has 96 valence electrons. The number of hydrogen-bond acceptors (Lipinski definition) is 1. The van der Waals surface area contributed by atoms with E-state index in [-0.39, 0.29) is 6.61 Å². The molecule has 1 rings (SSSR count). The highest BCUT2D eigenvalue weighted by Gasteiger charge is 2.28. The van der Waals surface area contributed by atoms with Gasteiger partial charge >= 0.3 is 0 Å². The van der Waals surface area contributed by atoms with E-state index in [0.29, 0.717) is 0 Å². The number of quaternary nitrogens is 1. The lowest BCUT2D eigenvalue weighted by Crippen LogP contribution is -2.71. The largest absolute Gasteiger partial charge is 0.481 e. The third-order valence-corrected chi connectivity index (χ3v) is 1.78. The molecule has 0 saturated carbocycles. The molecule has 7 heteroatoms. The summed E-state index contributed by atoms with van der Waals surface area (Å²) in [5, 5.41) is 0. The van der Waals surface area contributed by atoms with Crippen LogP contribution in [0.2, 0.25) is 0 Å². The molecular weight excluding hydrogens is 245 g/mol. The zero-order valence-electron chi connectivity index (χ0n) is 9.21. The summed E-state index contributed by atoms with van der Waals surface area (Å²) in [5.41, 5.74) is 2.85. The van der Waals surface area contributed by atoms with Crippen LogP contribution >= 0.6 is 0 Å². The van der Waals surface area contributed by atoms with Gasteiger partial charge in [0.2, 0.25) is 29.1 Å².